The second-order valence-electron chi connectivity index (χ2n) is 2.99. The van der Waals surface area contributed by atoms with Gasteiger partial charge in [0.15, 0.2) is 0 Å². The number of hydrogen-bond acceptors (Lipinski definition) is 4. The van der Waals surface area contributed by atoms with Gasteiger partial charge in [-0.15, -0.1) is 0 Å². The summed E-state index contributed by atoms with van der Waals surface area (Å²) >= 11 is 0. The predicted molar refractivity (Wildman–Crippen MR) is 48.4 cm³/mol. The molecule has 0 bridgehead atoms. The van der Waals surface area contributed by atoms with Gasteiger partial charge in [0.2, 0.25) is 0 Å². The summed E-state index contributed by atoms with van der Waals surface area (Å²) in [5.41, 5.74) is 11.9. The number of rotatable bonds is 2. The lowest BCUT2D eigenvalue weighted by atomic mass is 10.1. The van der Waals surface area contributed by atoms with E-state index >= 15 is 0 Å². The first-order chi connectivity index (χ1) is 5.63. The lowest BCUT2D eigenvalue weighted by molar-refractivity contribution is 0.784. The standard InChI is InChI=1S/C8H14N4/c1-5(2)6-3-7(10)12-8(4-9)11-6/h3,5H,4,9H2,1-2H3,(H2,10,11,12). The molecule has 1 rings (SSSR count). The molecule has 12 heavy (non-hydrogen) atoms. The van der Waals surface area contributed by atoms with E-state index in [1.165, 1.54) is 0 Å². The van der Waals surface area contributed by atoms with E-state index in [-0.39, 0.29) is 0 Å². The lowest BCUT2D eigenvalue weighted by Gasteiger charge is -2.06. The van der Waals surface area contributed by atoms with Gasteiger partial charge in [0.1, 0.15) is 11.6 Å². The molecule has 1 aromatic heterocycles. The number of nitrogens with two attached hydrogens (primary N) is 2. The molecule has 0 saturated heterocycles. The summed E-state index contributed by atoms with van der Waals surface area (Å²) in [4.78, 5) is 8.21. The molecular formula is C8H14N4. The molecule has 0 aromatic carbocycles. The van der Waals surface area contributed by atoms with Crippen molar-refractivity contribution < 1.29 is 0 Å². The third-order valence-electron chi connectivity index (χ3n) is 1.59. The quantitative estimate of drug-likeness (QED) is 0.675. The van der Waals surface area contributed by atoms with Crippen LogP contribution in [0.4, 0.5) is 5.82 Å². The molecule has 66 valence electrons. The van der Waals surface area contributed by atoms with E-state index in [4.69, 9.17) is 11.5 Å². The molecule has 4 heteroatoms. The number of anilines is 1. The number of nitrogen functional groups attached to an aromatic ring is 1. The van der Waals surface area contributed by atoms with Gasteiger partial charge in [-0.1, -0.05) is 13.8 Å². The monoisotopic (exact) mass is 166 g/mol. The van der Waals surface area contributed by atoms with E-state index in [0.717, 1.165) is 5.69 Å². The van der Waals surface area contributed by atoms with Crippen LogP contribution in [0.25, 0.3) is 0 Å². The first kappa shape index (κ1) is 8.93. The van der Waals surface area contributed by atoms with Crippen LogP contribution in [0, 0.1) is 0 Å². The zero-order valence-corrected chi connectivity index (χ0v) is 7.41. The van der Waals surface area contributed by atoms with Gasteiger partial charge in [-0.25, -0.2) is 9.97 Å². The van der Waals surface area contributed by atoms with Crippen molar-refractivity contribution in [2.24, 2.45) is 5.73 Å². The average Bonchev–Trinajstić information content (AvgIpc) is 2.03. The lowest BCUT2D eigenvalue weighted by Crippen LogP contribution is -2.08. The molecule has 1 heterocycles. The summed E-state index contributed by atoms with van der Waals surface area (Å²) in [6.07, 6.45) is 0. The Hall–Kier alpha value is -1.16. The molecule has 0 saturated carbocycles. The molecule has 0 amide bonds. The molecule has 0 aliphatic heterocycles. The third kappa shape index (κ3) is 1.92. The smallest absolute Gasteiger partial charge is 0.144 e. The van der Waals surface area contributed by atoms with Gasteiger partial charge in [-0.3, -0.25) is 0 Å². The highest BCUT2D eigenvalue weighted by atomic mass is 15.0. The van der Waals surface area contributed by atoms with Crippen LogP contribution in [0.2, 0.25) is 0 Å². The minimum absolute atomic E-state index is 0.338. The van der Waals surface area contributed by atoms with Gasteiger partial charge in [0.25, 0.3) is 0 Å². The number of nitrogens with zero attached hydrogens (tertiary/aromatic N) is 2. The average molecular weight is 166 g/mol. The molecule has 0 atom stereocenters. The van der Waals surface area contributed by atoms with Crippen molar-refractivity contribution in [3.63, 3.8) is 0 Å². The molecule has 0 aliphatic rings. The summed E-state index contributed by atoms with van der Waals surface area (Å²) in [5.74, 6) is 1.47. The topological polar surface area (TPSA) is 77.8 Å². The summed E-state index contributed by atoms with van der Waals surface area (Å²) in [6, 6.07) is 1.78. The van der Waals surface area contributed by atoms with Crippen LogP contribution < -0.4 is 11.5 Å². The molecule has 4 nitrogen and oxygen atoms in total. The fraction of sp³-hybridized carbons (Fsp3) is 0.500. The van der Waals surface area contributed by atoms with Gasteiger partial charge in [-0.2, -0.15) is 0 Å². The Morgan fingerprint density at radius 2 is 2.08 bits per heavy atom. The van der Waals surface area contributed by atoms with Crippen molar-refractivity contribution in [2.45, 2.75) is 26.3 Å². The molecule has 0 radical (unpaired) electrons. The van der Waals surface area contributed by atoms with Crippen molar-refractivity contribution in [2.75, 3.05) is 5.73 Å². The van der Waals surface area contributed by atoms with Crippen LogP contribution in [-0.2, 0) is 6.54 Å². The van der Waals surface area contributed by atoms with Crippen LogP contribution in [0.3, 0.4) is 0 Å². The summed E-state index contributed by atoms with van der Waals surface area (Å²) in [6.45, 7) is 4.45. The first-order valence-electron chi connectivity index (χ1n) is 3.97. The van der Waals surface area contributed by atoms with Crippen LogP contribution in [0.15, 0.2) is 6.07 Å². The van der Waals surface area contributed by atoms with E-state index < -0.39 is 0 Å². The maximum Gasteiger partial charge on any atom is 0.144 e. The molecule has 0 aliphatic carbocycles. The summed E-state index contributed by atoms with van der Waals surface area (Å²) in [5, 5.41) is 0. The van der Waals surface area contributed by atoms with Gasteiger partial charge < -0.3 is 11.5 Å². The van der Waals surface area contributed by atoms with Gasteiger partial charge in [-0.05, 0) is 5.92 Å². The molecular weight excluding hydrogens is 152 g/mol. The maximum absolute atomic E-state index is 5.57. The Labute approximate surface area is 72.0 Å². The van der Waals surface area contributed by atoms with Gasteiger partial charge in [0.05, 0.1) is 6.54 Å². The highest BCUT2D eigenvalue weighted by Gasteiger charge is 2.04. The number of hydrogen-bond donors (Lipinski definition) is 2. The van der Waals surface area contributed by atoms with Crippen molar-refractivity contribution in [3.05, 3.63) is 17.6 Å². The zero-order chi connectivity index (χ0) is 9.14. The van der Waals surface area contributed by atoms with E-state index in [2.05, 4.69) is 23.8 Å². The van der Waals surface area contributed by atoms with E-state index in [1.807, 2.05) is 0 Å². The molecule has 0 spiro atoms. The highest BCUT2D eigenvalue weighted by Crippen LogP contribution is 2.13. The Kier molecular flexibility index (Phi) is 2.60. The van der Waals surface area contributed by atoms with Crippen LogP contribution in [-0.4, -0.2) is 9.97 Å². The van der Waals surface area contributed by atoms with Crippen LogP contribution >= 0.6 is 0 Å². The Bertz CT molecular complexity index is 270. The van der Waals surface area contributed by atoms with Crippen molar-refractivity contribution >= 4 is 5.82 Å². The van der Waals surface area contributed by atoms with Gasteiger partial charge >= 0.3 is 0 Å². The van der Waals surface area contributed by atoms with Gasteiger partial charge in [0, 0.05) is 11.8 Å². The second-order valence-corrected chi connectivity index (χ2v) is 2.99. The van der Waals surface area contributed by atoms with Crippen molar-refractivity contribution in [1.82, 2.24) is 9.97 Å². The van der Waals surface area contributed by atoms with Crippen molar-refractivity contribution in [1.29, 1.82) is 0 Å². The van der Waals surface area contributed by atoms with E-state index in [0.29, 0.717) is 24.1 Å². The summed E-state index contributed by atoms with van der Waals surface area (Å²) < 4.78 is 0. The fourth-order valence-electron chi connectivity index (χ4n) is 0.926. The zero-order valence-electron chi connectivity index (χ0n) is 7.41. The largest absolute Gasteiger partial charge is 0.384 e. The minimum Gasteiger partial charge on any atom is -0.384 e. The molecule has 1 aromatic rings. The van der Waals surface area contributed by atoms with E-state index in [1.54, 1.807) is 6.07 Å². The van der Waals surface area contributed by atoms with Crippen LogP contribution in [0.5, 0.6) is 0 Å². The molecule has 4 N–H and O–H groups in total. The third-order valence-corrected chi connectivity index (χ3v) is 1.59. The fourth-order valence-corrected chi connectivity index (χ4v) is 0.926. The Morgan fingerprint density at radius 3 is 2.58 bits per heavy atom. The number of aromatic nitrogens is 2. The SMILES string of the molecule is CC(C)c1cc(N)nc(CN)n1. The molecule has 0 unspecified atom stereocenters. The van der Waals surface area contributed by atoms with E-state index in [9.17, 15) is 0 Å². The highest BCUT2D eigenvalue weighted by molar-refractivity contribution is 5.30. The molecule has 0 fully saturated rings. The van der Waals surface area contributed by atoms with Crippen molar-refractivity contribution in [3.8, 4) is 0 Å². The normalized spacial score (nSPS) is 10.7. The first-order valence-corrected chi connectivity index (χ1v) is 3.97. The predicted octanol–water partition coefficient (Wildman–Crippen LogP) is 0.641. The second kappa shape index (κ2) is 3.49. The Balaban J connectivity index is 3.06. The summed E-state index contributed by atoms with van der Waals surface area (Å²) in [7, 11) is 0. The minimum atomic E-state index is 0.338. The Morgan fingerprint density at radius 1 is 1.42 bits per heavy atom. The van der Waals surface area contributed by atoms with Crippen LogP contribution in [0.1, 0.15) is 31.3 Å². The maximum atomic E-state index is 5.57.